The molecule has 1 aromatic heterocycles. The van der Waals surface area contributed by atoms with E-state index >= 15 is 0 Å². The zero-order valence-electron chi connectivity index (χ0n) is 19.8. The monoisotopic (exact) mass is 461 g/mol. The Morgan fingerprint density at radius 3 is 2.33 bits per heavy atom. The maximum absolute atomic E-state index is 11.0. The first-order valence-corrected chi connectivity index (χ1v) is 12.8. The summed E-state index contributed by atoms with van der Waals surface area (Å²) < 4.78 is 6.33. The summed E-state index contributed by atoms with van der Waals surface area (Å²) in [5, 5.41) is 0. The van der Waals surface area contributed by atoms with Crippen LogP contribution in [0.5, 0.6) is 5.75 Å². The van der Waals surface area contributed by atoms with Gasteiger partial charge in [-0.05, 0) is 54.8 Å². The highest BCUT2D eigenvalue weighted by Crippen LogP contribution is 2.30. The first-order valence-electron chi connectivity index (χ1n) is 12.0. The van der Waals surface area contributed by atoms with Crippen LogP contribution in [0.25, 0.3) is 12.2 Å². The maximum atomic E-state index is 11.0. The van der Waals surface area contributed by atoms with Gasteiger partial charge in [0, 0.05) is 35.3 Å². The van der Waals surface area contributed by atoms with Crippen molar-refractivity contribution >= 4 is 35.5 Å². The SMILES string of the molecule is CCCCCN(CCCC)c1ccc(/C=C/c2ccc(C=O)s2)c(OCc2ccccc2)c1. The molecule has 1 heterocycles. The van der Waals surface area contributed by atoms with Crippen molar-refractivity contribution < 1.29 is 9.53 Å². The summed E-state index contributed by atoms with van der Waals surface area (Å²) in [4.78, 5) is 15.3. The average Bonchev–Trinajstić information content (AvgIpc) is 3.32. The number of ether oxygens (including phenoxy) is 1. The van der Waals surface area contributed by atoms with Crippen LogP contribution in [0.3, 0.4) is 0 Å². The number of unbranched alkanes of at least 4 members (excludes halogenated alkanes) is 3. The number of hydrogen-bond acceptors (Lipinski definition) is 4. The van der Waals surface area contributed by atoms with E-state index < -0.39 is 0 Å². The Balaban J connectivity index is 1.85. The Kier molecular flexibility index (Phi) is 10.2. The topological polar surface area (TPSA) is 29.5 Å². The number of thiophene rings is 1. The molecule has 4 heteroatoms. The predicted molar refractivity (Wildman–Crippen MR) is 142 cm³/mol. The van der Waals surface area contributed by atoms with E-state index in [1.165, 1.54) is 49.1 Å². The fraction of sp³-hybridized carbons (Fsp3) is 0.345. The van der Waals surface area contributed by atoms with E-state index in [2.05, 4.69) is 61.2 Å². The van der Waals surface area contributed by atoms with Gasteiger partial charge in [0.25, 0.3) is 0 Å². The first-order chi connectivity index (χ1) is 16.2. The largest absolute Gasteiger partial charge is 0.488 e. The number of hydrogen-bond donors (Lipinski definition) is 0. The summed E-state index contributed by atoms with van der Waals surface area (Å²) in [6.45, 7) is 7.16. The van der Waals surface area contributed by atoms with Crippen molar-refractivity contribution in [3.63, 3.8) is 0 Å². The quantitative estimate of drug-likeness (QED) is 0.179. The van der Waals surface area contributed by atoms with Crippen LogP contribution in [0.1, 0.15) is 71.6 Å². The second-order valence-electron chi connectivity index (χ2n) is 8.24. The average molecular weight is 462 g/mol. The lowest BCUT2D eigenvalue weighted by molar-refractivity contribution is 0.112. The lowest BCUT2D eigenvalue weighted by atomic mass is 10.1. The number of rotatable bonds is 14. The summed E-state index contributed by atoms with van der Waals surface area (Å²) in [5.41, 5.74) is 3.41. The van der Waals surface area contributed by atoms with E-state index in [1.807, 2.05) is 30.3 Å². The van der Waals surface area contributed by atoms with E-state index in [1.54, 1.807) is 0 Å². The van der Waals surface area contributed by atoms with Crippen LogP contribution in [0.15, 0.2) is 60.7 Å². The van der Waals surface area contributed by atoms with Gasteiger partial charge in [0.2, 0.25) is 0 Å². The van der Waals surface area contributed by atoms with Crippen LogP contribution in [0, 0.1) is 0 Å². The van der Waals surface area contributed by atoms with Gasteiger partial charge >= 0.3 is 0 Å². The molecule has 0 radical (unpaired) electrons. The van der Waals surface area contributed by atoms with Crippen LogP contribution in [-0.2, 0) is 6.61 Å². The molecule has 33 heavy (non-hydrogen) atoms. The molecule has 3 nitrogen and oxygen atoms in total. The fourth-order valence-electron chi connectivity index (χ4n) is 3.68. The smallest absolute Gasteiger partial charge is 0.160 e. The van der Waals surface area contributed by atoms with Crippen LogP contribution in [0.2, 0.25) is 0 Å². The Hall–Kier alpha value is -2.85. The van der Waals surface area contributed by atoms with Gasteiger partial charge in [0.05, 0.1) is 4.88 Å². The number of carbonyl (C=O) groups is 1. The third-order valence-electron chi connectivity index (χ3n) is 5.60. The number of benzene rings is 2. The molecule has 0 saturated carbocycles. The molecule has 0 bridgehead atoms. The molecule has 0 N–H and O–H groups in total. The fourth-order valence-corrected chi connectivity index (χ4v) is 4.41. The van der Waals surface area contributed by atoms with Gasteiger partial charge < -0.3 is 9.64 Å². The Bertz CT molecular complexity index is 1010. The second-order valence-corrected chi connectivity index (χ2v) is 9.38. The number of nitrogens with zero attached hydrogens (tertiary/aromatic N) is 1. The molecule has 0 atom stereocenters. The van der Waals surface area contributed by atoms with Crippen molar-refractivity contribution in [2.75, 3.05) is 18.0 Å². The van der Waals surface area contributed by atoms with Crippen molar-refractivity contribution in [3.05, 3.63) is 81.5 Å². The highest BCUT2D eigenvalue weighted by molar-refractivity contribution is 7.14. The van der Waals surface area contributed by atoms with Gasteiger partial charge in [0.1, 0.15) is 12.4 Å². The van der Waals surface area contributed by atoms with E-state index in [-0.39, 0.29) is 0 Å². The molecule has 0 fully saturated rings. The van der Waals surface area contributed by atoms with Crippen LogP contribution in [0.4, 0.5) is 5.69 Å². The minimum atomic E-state index is 0.532. The van der Waals surface area contributed by atoms with Crippen molar-refractivity contribution in [2.24, 2.45) is 0 Å². The van der Waals surface area contributed by atoms with E-state index in [9.17, 15) is 4.79 Å². The van der Waals surface area contributed by atoms with E-state index in [0.29, 0.717) is 6.61 Å². The van der Waals surface area contributed by atoms with Crippen LogP contribution in [-0.4, -0.2) is 19.4 Å². The summed E-state index contributed by atoms with van der Waals surface area (Å²) in [5.74, 6) is 0.886. The molecule has 0 amide bonds. The van der Waals surface area contributed by atoms with Gasteiger partial charge in [-0.25, -0.2) is 0 Å². The standard InChI is InChI=1S/C29H35NO2S/c1-3-5-10-20-30(19-6-4-2)26-15-13-25(14-16-27-17-18-28(22-31)33-27)29(21-26)32-23-24-11-8-7-9-12-24/h7-9,11-18,21-22H,3-6,10,19-20,23H2,1-2H3/b16-14+. The molecule has 0 unspecified atom stereocenters. The minimum absolute atomic E-state index is 0.532. The van der Waals surface area contributed by atoms with Crippen molar-refractivity contribution in [3.8, 4) is 5.75 Å². The molecule has 0 aliphatic rings. The first kappa shape index (κ1) is 24.8. The van der Waals surface area contributed by atoms with Gasteiger partial charge in [-0.3, -0.25) is 4.79 Å². The molecular weight excluding hydrogens is 426 g/mol. The van der Waals surface area contributed by atoms with Crippen LogP contribution < -0.4 is 9.64 Å². The Labute approximate surface area is 202 Å². The summed E-state index contributed by atoms with van der Waals surface area (Å²) in [6, 6.07) is 20.7. The molecule has 174 valence electrons. The number of anilines is 1. The van der Waals surface area contributed by atoms with Gasteiger partial charge in [-0.15, -0.1) is 11.3 Å². The highest BCUT2D eigenvalue weighted by Gasteiger charge is 2.10. The third kappa shape index (κ3) is 7.90. The Morgan fingerprint density at radius 1 is 0.848 bits per heavy atom. The zero-order chi connectivity index (χ0) is 23.3. The third-order valence-corrected chi connectivity index (χ3v) is 6.58. The molecule has 0 aliphatic heterocycles. The van der Waals surface area contributed by atoms with E-state index in [0.717, 1.165) is 46.0 Å². The number of aldehydes is 1. The van der Waals surface area contributed by atoms with Crippen molar-refractivity contribution in [2.45, 2.75) is 52.6 Å². The minimum Gasteiger partial charge on any atom is -0.488 e. The van der Waals surface area contributed by atoms with Crippen molar-refractivity contribution in [1.29, 1.82) is 0 Å². The molecule has 0 spiro atoms. The molecule has 3 rings (SSSR count). The summed E-state index contributed by atoms with van der Waals surface area (Å²) >= 11 is 1.49. The maximum Gasteiger partial charge on any atom is 0.160 e. The predicted octanol–water partition coefficient (Wildman–Crippen LogP) is 8.11. The molecule has 3 aromatic rings. The zero-order valence-corrected chi connectivity index (χ0v) is 20.7. The molecule has 2 aromatic carbocycles. The second kappa shape index (κ2) is 13.6. The number of carbonyl (C=O) groups excluding carboxylic acids is 1. The van der Waals surface area contributed by atoms with Gasteiger partial charge in [-0.2, -0.15) is 0 Å². The highest BCUT2D eigenvalue weighted by atomic mass is 32.1. The van der Waals surface area contributed by atoms with Gasteiger partial charge in [0.15, 0.2) is 6.29 Å². The molecular formula is C29H35NO2S. The van der Waals surface area contributed by atoms with Gasteiger partial charge in [-0.1, -0.05) is 63.4 Å². The molecule has 0 aliphatic carbocycles. The van der Waals surface area contributed by atoms with Crippen molar-refractivity contribution in [1.82, 2.24) is 0 Å². The summed E-state index contributed by atoms with van der Waals surface area (Å²) in [7, 11) is 0. The van der Waals surface area contributed by atoms with E-state index in [4.69, 9.17) is 4.74 Å². The lowest BCUT2D eigenvalue weighted by Gasteiger charge is -2.26. The van der Waals surface area contributed by atoms with Crippen LogP contribution >= 0.6 is 11.3 Å². The Morgan fingerprint density at radius 2 is 1.61 bits per heavy atom. The summed E-state index contributed by atoms with van der Waals surface area (Å²) in [6.07, 6.45) is 11.1. The molecule has 0 saturated heterocycles. The lowest BCUT2D eigenvalue weighted by Crippen LogP contribution is -2.25. The normalized spacial score (nSPS) is 11.1.